The first-order valence-corrected chi connectivity index (χ1v) is 10.2. The van der Waals surface area contributed by atoms with E-state index in [1.54, 1.807) is 0 Å². The van der Waals surface area contributed by atoms with Gasteiger partial charge in [-0.15, -0.1) is 0 Å². The Kier molecular flexibility index (Phi) is 5.35. The number of aromatic nitrogens is 4. The lowest BCUT2D eigenvalue weighted by atomic mass is 10.1. The molecule has 1 aliphatic rings. The molecule has 2 aromatic heterocycles. The Labute approximate surface area is 150 Å². The SMILES string of the molecule is Nc1ncnc2c1ncn2[C@@H]1O[C@@H](COP(=O)(O)OP(=O)(O)O)[C@@H](O)[C@H]1O. The van der Waals surface area contributed by atoms with Crippen molar-refractivity contribution in [2.45, 2.75) is 24.5 Å². The number of phosphoric acid groups is 2. The number of hydrogen-bond donors (Lipinski definition) is 6. The van der Waals surface area contributed by atoms with Gasteiger partial charge in [0.15, 0.2) is 17.7 Å². The predicted octanol–water partition coefficient (Wildman–Crippen LogP) is -1.75. The molecule has 0 radical (unpaired) electrons. The molecule has 3 rings (SSSR count). The van der Waals surface area contributed by atoms with Crippen LogP contribution in [0.15, 0.2) is 12.7 Å². The van der Waals surface area contributed by atoms with Crippen LogP contribution in [0.5, 0.6) is 0 Å². The third-order valence-electron chi connectivity index (χ3n) is 3.61. The molecule has 0 bridgehead atoms. The van der Waals surface area contributed by atoms with Crippen LogP contribution >= 0.6 is 15.6 Å². The van der Waals surface area contributed by atoms with E-state index in [0.29, 0.717) is 0 Å². The molecule has 150 valence electrons. The van der Waals surface area contributed by atoms with Gasteiger partial charge in [0.05, 0.1) is 12.9 Å². The van der Waals surface area contributed by atoms with Crippen LogP contribution in [0.2, 0.25) is 0 Å². The van der Waals surface area contributed by atoms with Crippen molar-refractivity contribution in [3.63, 3.8) is 0 Å². The normalized spacial score (nSPS) is 28.5. The maximum Gasteiger partial charge on any atom is 0.481 e. The van der Waals surface area contributed by atoms with Crippen molar-refractivity contribution in [2.75, 3.05) is 12.3 Å². The number of nitrogens with two attached hydrogens (primary N) is 1. The fourth-order valence-electron chi connectivity index (χ4n) is 2.48. The van der Waals surface area contributed by atoms with E-state index in [-0.39, 0.29) is 17.0 Å². The molecule has 0 aliphatic carbocycles. The molecular formula is C10H15N5O10P2. The van der Waals surface area contributed by atoms with Crippen molar-refractivity contribution < 1.29 is 47.6 Å². The molecule has 27 heavy (non-hydrogen) atoms. The number of imidazole rings is 1. The molecule has 15 nitrogen and oxygen atoms in total. The maximum absolute atomic E-state index is 11.5. The third-order valence-corrected chi connectivity index (χ3v) is 5.76. The number of anilines is 1. The van der Waals surface area contributed by atoms with Gasteiger partial charge in [-0.2, -0.15) is 4.31 Å². The fraction of sp³-hybridized carbons (Fsp3) is 0.500. The molecule has 1 fully saturated rings. The van der Waals surface area contributed by atoms with Crippen molar-refractivity contribution in [2.24, 2.45) is 0 Å². The van der Waals surface area contributed by atoms with Crippen LogP contribution in [-0.4, -0.2) is 69.3 Å². The van der Waals surface area contributed by atoms with Crippen LogP contribution in [0, 0.1) is 0 Å². The average molecular weight is 427 g/mol. The Hall–Kier alpha value is -1.51. The summed E-state index contributed by atoms with van der Waals surface area (Å²) < 4.78 is 36.8. The minimum atomic E-state index is -5.29. The zero-order chi connectivity index (χ0) is 20.0. The monoisotopic (exact) mass is 427 g/mol. The molecule has 5 atom stereocenters. The summed E-state index contributed by atoms with van der Waals surface area (Å²) in [7, 11) is -10.4. The van der Waals surface area contributed by atoms with Gasteiger partial charge in [0, 0.05) is 0 Å². The molecule has 1 unspecified atom stereocenters. The number of nitrogen functional groups attached to an aromatic ring is 1. The summed E-state index contributed by atoms with van der Waals surface area (Å²) in [5.74, 6) is 0.0856. The first-order chi connectivity index (χ1) is 12.5. The molecule has 7 N–H and O–H groups in total. The molecule has 2 aromatic rings. The van der Waals surface area contributed by atoms with Crippen molar-refractivity contribution in [1.29, 1.82) is 0 Å². The number of fused-ring (bicyclic) bond motifs is 1. The van der Waals surface area contributed by atoms with Crippen LogP contribution < -0.4 is 5.73 Å². The summed E-state index contributed by atoms with van der Waals surface area (Å²) in [5, 5.41) is 20.3. The summed E-state index contributed by atoms with van der Waals surface area (Å²) in [4.78, 5) is 38.1. The zero-order valence-corrected chi connectivity index (χ0v) is 15.0. The predicted molar refractivity (Wildman–Crippen MR) is 84.6 cm³/mol. The number of aliphatic hydroxyl groups is 2. The van der Waals surface area contributed by atoms with Crippen LogP contribution in [-0.2, 0) is 22.7 Å². The first-order valence-electron chi connectivity index (χ1n) is 7.17. The highest BCUT2D eigenvalue weighted by atomic mass is 31.3. The first kappa shape index (κ1) is 20.2. The molecule has 1 saturated heterocycles. The minimum Gasteiger partial charge on any atom is -0.387 e. The van der Waals surface area contributed by atoms with E-state index >= 15 is 0 Å². The second kappa shape index (κ2) is 7.14. The number of rotatable bonds is 6. The van der Waals surface area contributed by atoms with E-state index in [0.717, 1.165) is 6.33 Å². The number of nitrogens with zero attached hydrogens (tertiary/aromatic N) is 4. The number of aliphatic hydroxyl groups excluding tert-OH is 2. The Morgan fingerprint density at radius 3 is 2.56 bits per heavy atom. The van der Waals surface area contributed by atoms with Crippen LogP contribution in [0.1, 0.15) is 6.23 Å². The summed E-state index contributed by atoms with van der Waals surface area (Å²) >= 11 is 0. The highest BCUT2D eigenvalue weighted by Gasteiger charge is 2.46. The van der Waals surface area contributed by atoms with Gasteiger partial charge in [-0.3, -0.25) is 9.09 Å². The second-order valence-corrected chi connectivity index (χ2v) is 8.30. The Bertz CT molecular complexity index is 932. The standard InChI is InChI=1S/C10H15N5O10P2/c11-8-5-9(13-2-12-8)15(3-14-5)10-7(17)6(16)4(24-10)1-23-27(21,22)25-26(18,19)20/h2-4,6-7,10,16-17H,1H2,(H,21,22)(H2,11,12,13)(H2,18,19,20)/t4-,6+,7+,10+/m0/s1. The highest BCUT2D eigenvalue weighted by Crippen LogP contribution is 2.57. The van der Waals surface area contributed by atoms with E-state index in [1.165, 1.54) is 10.9 Å². The van der Waals surface area contributed by atoms with E-state index in [4.69, 9.17) is 20.3 Å². The minimum absolute atomic E-state index is 0.0856. The molecule has 17 heteroatoms. The van der Waals surface area contributed by atoms with Crippen LogP contribution in [0.3, 0.4) is 0 Å². The van der Waals surface area contributed by atoms with E-state index in [1.807, 2.05) is 0 Å². The zero-order valence-electron chi connectivity index (χ0n) is 13.2. The lowest BCUT2D eigenvalue weighted by molar-refractivity contribution is -0.0503. The fourth-order valence-corrected chi connectivity index (χ4v) is 4.08. The van der Waals surface area contributed by atoms with E-state index in [2.05, 4.69) is 23.8 Å². The smallest absolute Gasteiger partial charge is 0.387 e. The largest absolute Gasteiger partial charge is 0.481 e. The van der Waals surface area contributed by atoms with E-state index < -0.39 is 46.8 Å². The Balaban J connectivity index is 1.75. The van der Waals surface area contributed by atoms with Gasteiger partial charge in [-0.25, -0.2) is 24.1 Å². The topological polar surface area (TPSA) is 233 Å². The summed E-state index contributed by atoms with van der Waals surface area (Å²) in [5.41, 5.74) is 6.11. The maximum atomic E-state index is 11.5. The summed E-state index contributed by atoms with van der Waals surface area (Å²) in [6.07, 6.45) is -3.20. The Morgan fingerprint density at radius 1 is 1.19 bits per heavy atom. The quantitative estimate of drug-likeness (QED) is 0.281. The van der Waals surface area contributed by atoms with Gasteiger partial charge in [-0.05, 0) is 0 Å². The molecule has 0 aromatic carbocycles. The molecule has 3 heterocycles. The van der Waals surface area contributed by atoms with Crippen molar-refractivity contribution >= 4 is 32.6 Å². The number of hydrogen-bond acceptors (Lipinski definition) is 11. The van der Waals surface area contributed by atoms with Gasteiger partial charge in [0.2, 0.25) is 0 Å². The van der Waals surface area contributed by atoms with Gasteiger partial charge in [0.1, 0.15) is 30.2 Å². The van der Waals surface area contributed by atoms with Crippen molar-refractivity contribution in [3.05, 3.63) is 12.7 Å². The second-order valence-electron chi connectivity index (χ2n) is 5.47. The summed E-state index contributed by atoms with van der Waals surface area (Å²) in [6.45, 7) is -0.813. The molecule has 1 aliphatic heterocycles. The Morgan fingerprint density at radius 2 is 1.89 bits per heavy atom. The highest BCUT2D eigenvalue weighted by molar-refractivity contribution is 7.60. The van der Waals surface area contributed by atoms with Gasteiger partial charge in [-0.1, -0.05) is 0 Å². The van der Waals surface area contributed by atoms with Gasteiger partial charge in [0.25, 0.3) is 0 Å². The third kappa shape index (κ3) is 4.33. The molecular weight excluding hydrogens is 412 g/mol. The van der Waals surface area contributed by atoms with Crippen molar-refractivity contribution in [1.82, 2.24) is 19.5 Å². The van der Waals surface area contributed by atoms with Crippen LogP contribution in [0.25, 0.3) is 11.2 Å². The molecule has 0 spiro atoms. The number of ether oxygens (including phenoxy) is 1. The molecule has 0 saturated carbocycles. The lowest BCUT2D eigenvalue weighted by Gasteiger charge is -2.17. The summed E-state index contributed by atoms with van der Waals surface area (Å²) in [6, 6.07) is 0. The lowest BCUT2D eigenvalue weighted by Crippen LogP contribution is -2.33. The van der Waals surface area contributed by atoms with Crippen molar-refractivity contribution in [3.8, 4) is 0 Å². The van der Waals surface area contributed by atoms with E-state index in [9.17, 15) is 24.2 Å². The number of phosphoric ester groups is 1. The van der Waals surface area contributed by atoms with Crippen LogP contribution in [0.4, 0.5) is 5.82 Å². The average Bonchev–Trinajstić information content (AvgIpc) is 3.07. The molecule has 0 amide bonds. The van der Waals surface area contributed by atoms with Gasteiger partial charge < -0.3 is 35.4 Å². The van der Waals surface area contributed by atoms with Gasteiger partial charge >= 0.3 is 15.6 Å².